The van der Waals surface area contributed by atoms with Crippen LogP contribution in [0.5, 0.6) is 0 Å². The summed E-state index contributed by atoms with van der Waals surface area (Å²) in [6.45, 7) is 8.86. The third-order valence-electron chi connectivity index (χ3n) is 3.24. The highest BCUT2D eigenvalue weighted by molar-refractivity contribution is 5.58. The summed E-state index contributed by atoms with van der Waals surface area (Å²) in [5, 5.41) is 3.14. The van der Waals surface area contributed by atoms with Crippen molar-refractivity contribution in [2.75, 3.05) is 37.0 Å². The van der Waals surface area contributed by atoms with E-state index in [0.29, 0.717) is 0 Å². The Kier molecular flexibility index (Phi) is 3.71. The summed E-state index contributed by atoms with van der Waals surface area (Å²) in [5.74, 6) is 1.96. The molecule has 1 saturated heterocycles. The maximum absolute atomic E-state index is 5.75. The molecule has 5 nitrogen and oxygen atoms in total. The molecule has 18 heavy (non-hydrogen) atoms. The second-order valence-corrected chi connectivity index (χ2v) is 5.16. The minimum absolute atomic E-state index is 0.117. The molecule has 0 unspecified atom stereocenters. The molecule has 1 N–H and O–H groups in total. The highest BCUT2D eigenvalue weighted by Gasteiger charge is 2.29. The molecule has 100 valence electrons. The van der Waals surface area contributed by atoms with Crippen LogP contribution < -0.4 is 10.2 Å². The average Bonchev–Trinajstić information content (AvgIpc) is 2.36. The van der Waals surface area contributed by atoms with Crippen molar-refractivity contribution in [3.8, 4) is 0 Å². The van der Waals surface area contributed by atoms with Crippen LogP contribution >= 0.6 is 0 Å². The Morgan fingerprint density at radius 1 is 1.44 bits per heavy atom. The Labute approximate surface area is 109 Å². The van der Waals surface area contributed by atoms with Crippen molar-refractivity contribution in [3.63, 3.8) is 0 Å². The first-order valence-electron chi connectivity index (χ1n) is 6.48. The molecule has 0 saturated carbocycles. The van der Waals surface area contributed by atoms with Gasteiger partial charge in [0.05, 0.1) is 12.2 Å². The summed E-state index contributed by atoms with van der Waals surface area (Å²) in [7, 11) is 1.90. The minimum atomic E-state index is -0.117. The Morgan fingerprint density at radius 3 is 2.83 bits per heavy atom. The normalized spacial score (nSPS) is 18.8. The molecule has 1 aliphatic rings. The van der Waals surface area contributed by atoms with E-state index in [1.54, 1.807) is 6.33 Å². The van der Waals surface area contributed by atoms with Gasteiger partial charge in [0.15, 0.2) is 0 Å². The smallest absolute Gasteiger partial charge is 0.137 e. The summed E-state index contributed by atoms with van der Waals surface area (Å²) >= 11 is 0. The summed E-state index contributed by atoms with van der Waals surface area (Å²) < 4.78 is 5.75. The topological polar surface area (TPSA) is 50.3 Å². The van der Waals surface area contributed by atoms with Gasteiger partial charge in [0.1, 0.15) is 18.0 Å². The van der Waals surface area contributed by atoms with Crippen molar-refractivity contribution >= 4 is 11.6 Å². The molecule has 1 aromatic heterocycles. The lowest BCUT2D eigenvalue weighted by Gasteiger charge is -2.39. The van der Waals surface area contributed by atoms with E-state index in [4.69, 9.17) is 4.74 Å². The summed E-state index contributed by atoms with van der Waals surface area (Å²) in [4.78, 5) is 11.0. The number of rotatable bonds is 3. The molecule has 5 heteroatoms. The molecule has 2 rings (SSSR count). The zero-order chi connectivity index (χ0) is 13.2. The van der Waals surface area contributed by atoms with Crippen LogP contribution in [0.4, 0.5) is 11.6 Å². The fourth-order valence-corrected chi connectivity index (χ4v) is 2.41. The first-order valence-corrected chi connectivity index (χ1v) is 6.48. The lowest BCUT2D eigenvalue weighted by Crippen LogP contribution is -2.49. The highest BCUT2D eigenvalue weighted by Crippen LogP contribution is 2.27. The zero-order valence-electron chi connectivity index (χ0n) is 11.7. The molecule has 0 atom stereocenters. The number of morpholine rings is 1. The molecular formula is C13H22N4O. The van der Waals surface area contributed by atoms with Crippen molar-refractivity contribution < 1.29 is 4.74 Å². The van der Waals surface area contributed by atoms with Gasteiger partial charge >= 0.3 is 0 Å². The second-order valence-electron chi connectivity index (χ2n) is 5.16. The summed E-state index contributed by atoms with van der Waals surface area (Å²) in [6.07, 6.45) is 2.55. The van der Waals surface area contributed by atoms with Gasteiger partial charge in [0, 0.05) is 25.7 Å². The highest BCUT2D eigenvalue weighted by atomic mass is 16.5. The molecule has 0 bridgehead atoms. The van der Waals surface area contributed by atoms with E-state index in [9.17, 15) is 0 Å². The van der Waals surface area contributed by atoms with Gasteiger partial charge in [-0.1, -0.05) is 6.92 Å². The maximum atomic E-state index is 5.75. The van der Waals surface area contributed by atoms with Gasteiger partial charge in [0.2, 0.25) is 0 Å². The molecule has 1 aliphatic heterocycles. The van der Waals surface area contributed by atoms with Crippen molar-refractivity contribution in [2.24, 2.45) is 0 Å². The second kappa shape index (κ2) is 5.10. The number of nitrogens with one attached hydrogen (secondary N) is 1. The first-order chi connectivity index (χ1) is 8.57. The van der Waals surface area contributed by atoms with Gasteiger partial charge in [-0.2, -0.15) is 0 Å². The summed E-state index contributed by atoms with van der Waals surface area (Å²) in [5.41, 5.74) is 1.06. The van der Waals surface area contributed by atoms with Crippen LogP contribution in [-0.2, 0) is 11.2 Å². The fraction of sp³-hybridized carbons (Fsp3) is 0.692. The first kappa shape index (κ1) is 13.1. The van der Waals surface area contributed by atoms with Crippen LogP contribution in [0.1, 0.15) is 26.3 Å². The number of nitrogens with zero attached hydrogens (tertiary/aromatic N) is 3. The van der Waals surface area contributed by atoms with Gasteiger partial charge in [-0.25, -0.2) is 9.97 Å². The van der Waals surface area contributed by atoms with Crippen LogP contribution in [-0.4, -0.2) is 42.3 Å². The van der Waals surface area contributed by atoms with Crippen LogP contribution in [0.3, 0.4) is 0 Å². The van der Waals surface area contributed by atoms with E-state index in [0.717, 1.165) is 37.8 Å². The molecule has 0 aliphatic carbocycles. The van der Waals surface area contributed by atoms with E-state index in [2.05, 4.69) is 41.0 Å². The van der Waals surface area contributed by atoms with Gasteiger partial charge in [0.25, 0.3) is 0 Å². The van der Waals surface area contributed by atoms with E-state index >= 15 is 0 Å². The SMILES string of the molecule is CCc1c(NC)ncnc1N1CCOC(C)(C)C1. The number of anilines is 2. The Hall–Kier alpha value is -1.36. The van der Waals surface area contributed by atoms with Gasteiger partial charge in [-0.15, -0.1) is 0 Å². The molecule has 1 aromatic rings. The van der Waals surface area contributed by atoms with Crippen LogP contribution in [0.15, 0.2) is 6.33 Å². The largest absolute Gasteiger partial charge is 0.373 e. The summed E-state index contributed by atoms with van der Waals surface area (Å²) in [6, 6.07) is 0. The number of hydrogen-bond acceptors (Lipinski definition) is 5. The van der Waals surface area contributed by atoms with Crippen molar-refractivity contribution in [2.45, 2.75) is 32.8 Å². The predicted molar refractivity (Wildman–Crippen MR) is 73.2 cm³/mol. The zero-order valence-corrected chi connectivity index (χ0v) is 11.7. The minimum Gasteiger partial charge on any atom is -0.373 e. The standard InChI is InChI=1S/C13H22N4O/c1-5-10-11(14-4)15-9-16-12(10)17-6-7-18-13(2,3)8-17/h9H,5-8H2,1-4H3,(H,14,15,16). The predicted octanol–water partition coefficient (Wildman–Crippen LogP) is 1.70. The average molecular weight is 250 g/mol. The van der Waals surface area contributed by atoms with Gasteiger partial charge in [-0.05, 0) is 20.3 Å². The molecule has 0 radical (unpaired) electrons. The molecule has 0 spiro atoms. The molecule has 0 amide bonds. The lowest BCUT2D eigenvalue weighted by atomic mass is 10.1. The number of aromatic nitrogens is 2. The molecule has 2 heterocycles. The van der Waals surface area contributed by atoms with Crippen molar-refractivity contribution in [1.82, 2.24) is 9.97 Å². The Bertz CT molecular complexity index is 419. The lowest BCUT2D eigenvalue weighted by molar-refractivity contribution is -0.0279. The number of ether oxygens (including phenoxy) is 1. The van der Waals surface area contributed by atoms with Crippen LogP contribution in [0.25, 0.3) is 0 Å². The van der Waals surface area contributed by atoms with E-state index in [1.165, 1.54) is 5.56 Å². The van der Waals surface area contributed by atoms with Crippen LogP contribution in [0, 0.1) is 0 Å². The fourth-order valence-electron chi connectivity index (χ4n) is 2.41. The van der Waals surface area contributed by atoms with Gasteiger partial charge in [-0.3, -0.25) is 0 Å². The van der Waals surface area contributed by atoms with E-state index in [1.807, 2.05) is 7.05 Å². The van der Waals surface area contributed by atoms with Gasteiger partial charge < -0.3 is 15.0 Å². The van der Waals surface area contributed by atoms with E-state index in [-0.39, 0.29) is 5.60 Å². The Morgan fingerprint density at radius 2 is 2.22 bits per heavy atom. The van der Waals surface area contributed by atoms with Crippen LogP contribution in [0.2, 0.25) is 0 Å². The number of hydrogen-bond donors (Lipinski definition) is 1. The molecular weight excluding hydrogens is 228 g/mol. The third-order valence-corrected chi connectivity index (χ3v) is 3.24. The third kappa shape index (κ3) is 2.56. The van der Waals surface area contributed by atoms with Crippen molar-refractivity contribution in [3.05, 3.63) is 11.9 Å². The van der Waals surface area contributed by atoms with Crippen molar-refractivity contribution in [1.29, 1.82) is 0 Å². The van der Waals surface area contributed by atoms with E-state index < -0.39 is 0 Å². The quantitative estimate of drug-likeness (QED) is 0.884. The molecule has 1 fully saturated rings. The monoisotopic (exact) mass is 250 g/mol. The molecule has 0 aromatic carbocycles. The Balaban J connectivity index is 2.32. The maximum Gasteiger partial charge on any atom is 0.137 e.